The molecule has 0 aromatic heterocycles. The van der Waals surface area contributed by atoms with Crippen LogP contribution < -0.4 is 15.5 Å². The number of amides is 1. The summed E-state index contributed by atoms with van der Waals surface area (Å²) in [4.78, 5) is 14.9. The van der Waals surface area contributed by atoms with E-state index in [1.165, 1.54) is 5.69 Å². The summed E-state index contributed by atoms with van der Waals surface area (Å²) >= 11 is 0. The van der Waals surface area contributed by atoms with Gasteiger partial charge in [-0.3, -0.25) is 4.79 Å². The molecule has 1 heterocycles. The molecule has 0 spiro atoms. The van der Waals surface area contributed by atoms with Crippen molar-refractivity contribution in [1.82, 2.24) is 10.6 Å². The molecule has 2 N–H and O–H groups in total. The summed E-state index contributed by atoms with van der Waals surface area (Å²) in [6, 6.07) is 18.7. The van der Waals surface area contributed by atoms with E-state index in [1.54, 1.807) is 7.11 Å². The Morgan fingerprint density at radius 2 is 1.70 bits per heavy atom. The Kier molecular flexibility index (Phi) is 6.48. The Morgan fingerprint density at radius 3 is 2.30 bits per heavy atom. The topological polar surface area (TPSA) is 53.6 Å². The van der Waals surface area contributed by atoms with Crippen molar-refractivity contribution >= 4 is 17.3 Å². The predicted octanol–water partition coefficient (Wildman–Crippen LogP) is 3.23. The first-order valence-corrected chi connectivity index (χ1v) is 9.64. The van der Waals surface area contributed by atoms with E-state index in [4.69, 9.17) is 4.74 Å². The lowest BCUT2D eigenvalue weighted by atomic mass is 9.91. The van der Waals surface area contributed by atoms with E-state index < -0.39 is 5.60 Å². The van der Waals surface area contributed by atoms with Gasteiger partial charge in [0.15, 0.2) is 0 Å². The Bertz CT molecular complexity index is 725. The van der Waals surface area contributed by atoms with Crippen LogP contribution >= 0.6 is 0 Å². The molecule has 1 saturated heterocycles. The van der Waals surface area contributed by atoms with Crippen LogP contribution in [0.2, 0.25) is 0 Å². The van der Waals surface area contributed by atoms with Gasteiger partial charge in [-0.25, -0.2) is 0 Å². The van der Waals surface area contributed by atoms with E-state index in [2.05, 4.69) is 58.9 Å². The monoisotopic (exact) mass is 367 g/mol. The number of nitrogens with zero attached hydrogens (tertiary/aromatic N) is 1. The highest BCUT2D eigenvalue weighted by atomic mass is 16.5. The predicted molar refractivity (Wildman–Crippen MR) is 109 cm³/mol. The number of rotatable bonds is 7. The lowest BCUT2D eigenvalue weighted by Gasteiger charge is -2.34. The minimum Gasteiger partial charge on any atom is -0.368 e. The van der Waals surface area contributed by atoms with Crippen LogP contribution in [0, 0.1) is 0 Å². The van der Waals surface area contributed by atoms with E-state index >= 15 is 0 Å². The maximum absolute atomic E-state index is 12.7. The summed E-state index contributed by atoms with van der Waals surface area (Å²) < 4.78 is 5.58. The fourth-order valence-electron chi connectivity index (χ4n) is 3.61. The van der Waals surface area contributed by atoms with Gasteiger partial charge in [0.1, 0.15) is 5.60 Å². The molecule has 1 aliphatic rings. The summed E-state index contributed by atoms with van der Waals surface area (Å²) in [5, 5.41) is 6.32. The highest BCUT2D eigenvalue weighted by Gasteiger charge is 2.39. The number of carbonyl (C=O) groups excluding carboxylic acids is 1. The normalized spacial score (nSPS) is 15.9. The minimum atomic E-state index is -0.697. The van der Waals surface area contributed by atoms with Crippen molar-refractivity contribution in [1.29, 1.82) is 0 Å². The van der Waals surface area contributed by atoms with E-state index in [-0.39, 0.29) is 5.91 Å². The molecule has 2 aromatic rings. The van der Waals surface area contributed by atoms with Crippen molar-refractivity contribution in [3.8, 4) is 0 Å². The molecule has 144 valence electrons. The highest BCUT2D eigenvalue weighted by Crippen LogP contribution is 2.25. The largest absolute Gasteiger partial charge is 0.368 e. The fourth-order valence-corrected chi connectivity index (χ4v) is 3.61. The van der Waals surface area contributed by atoms with E-state index in [0.29, 0.717) is 19.4 Å². The molecule has 1 fully saturated rings. The number of ether oxygens (including phenoxy) is 1. The number of para-hydroxylation sites is 1. The van der Waals surface area contributed by atoms with Crippen LogP contribution in [0.25, 0.3) is 0 Å². The number of benzene rings is 2. The molecule has 1 aliphatic heterocycles. The molecular weight excluding hydrogens is 338 g/mol. The van der Waals surface area contributed by atoms with Gasteiger partial charge < -0.3 is 20.3 Å². The summed E-state index contributed by atoms with van der Waals surface area (Å²) in [6.07, 6.45) is 1.41. The Hall–Kier alpha value is -2.37. The van der Waals surface area contributed by atoms with Crippen molar-refractivity contribution in [3.63, 3.8) is 0 Å². The quantitative estimate of drug-likeness (QED) is 0.789. The molecule has 2 aromatic carbocycles. The van der Waals surface area contributed by atoms with Gasteiger partial charge in [0.25, 0.3) is 5.91 Å². The zero-order chi connectivity index (χ0) is 19.1. The third-order valence-corrected chi connectivity index (χ3v) is 5.30. The van der Waals surface area contributed by atoms with Crippen molar-refractivity contribution in [2.24, 2.45) is 0 Å². The van der Waals surface area contributed by atoms with Crippen molar-refractivity contribution in [3.05, 3.63) is 60.2 Å². The number of nitrogens with one attached hydrogen (secondary N) is 2. The van der Waals surface area contributed by atoms with Crippen molar-refractivity contribution in [2.45, 2.75) is 31.9 Å². The van der Waals surface area contributed by atoms with Gasteiger partial charge in [-0.2, -0.15) is 0 Å². The zero-order valence-electron chi connectivity index (χ0n) is 16.2. The lowest BCUT2D eigenvalue weighted by Crippen LogP contribution is -2.53. The number of hydrogen-bond acceptors (Lipinski definition) is 4. The summed E-state index contributed by atoms with van der Waals surface area (Å²) in [7, 11) is 1.63. The molecule has 0 bridgehead atoms. The molecular formula is C22H29N3O2. The second-order valence-electron chi connectivity index (χ2n) is 6.88. The molecule has 27 heavy (non-hydrogen) atoms. The minimum absolute atomic E-state index is 0.0185. The molecule has 0 aliphatic carbocycles. The third-order valence-electron chi connectivity index (χ3n) is 5.30. The molecule has 5 nitrogen and oxygen atoms in total. The van der Waals surface area contributed by atoms with Gasteiger partial charge in [-0.15, -0.1) is 0 Å². The SMILES string of the molecule is CCN(c1ccccc1)c1ccc(CNC(=O)C2(OC)CCNCC2)cc1. The van der Waals surface area contributed by atoms with Crippen molar-refractivity contribution in [2.75, 3.05) is 31.6 Å². The smallest absolute Gasteiger partial charge is 0.252 e. The van der Waals surface area contributed by atoms with Gasteiger partial charge in [0.2, 0.25) is 0 Å². The van der Waals surface area contributed by atoms with Gasteiger partial charge in [-0.05, 0) is 62.7 Å². The zero-order valence-corrected chi connectivity index (χ0v) is 16.2. The lowest BCUT2D eigenvalue weighted by molar-refractivity contribution is -0.146. The highest BCUT2D eigenvalue weighted by molar-refractivity contribution is 5.85. The maximum Gasteiger partial charge on any atom is 0.252 e. The van der Waals surface area contributed by atoms with Gasteiger partial charge in [-0.1, -0.05) is 30.3 Å². The number of methoxy groups -OCH3 is 1. The Morgan fingerprint density at radius 1 is 1.07 bits per heavy atom. The van der Waals surface area contributed by atoms with E-state index in [1.807, 2.05) is 18.2 Å². The average Bonchev–Trinajstić information content (AvgIpc) is 2.74. The third kappa shape index (κ3) is 4.49. The molecule has 3 rings (SSSR count). The Balaban J connectivity index is 1.63. The molecule has 1 amide bonds. The van der Waals surface area contributed by atoms with Gasteiger partial charge in [0, 0.05) is 31.6 Å². The summed E-state index contributed by atoms with van der Waals surface area (Å²) in [5.74, 6) is -0.0185. The van der Waals surface area contributed by atoms with Crippen LogP contribution in [-0.2, 0) is 16.1 Å². The molecule has 0 atom stereocenters. The first-order valence-electron chi connectivity index (χ1n) is 9.64. The van der Waals surface area contributed by atoms with E-state index in [0.717, 1.165) is 30.9 Å². The molecule has 0 radical (unpaired) electrons. The van der Waals surface area contributed by atoms with Crippen LogP contribution in [0.3, 0.4) is 0 Å². The first kappa shape index (κ1) is 19.4. The molecule has 0 unspecified atom stereocenters. The molecule has 5 heteroatoms. The number of piperidine rings is 1. The second kappa shape index (κ2) is 9.02. The Labute approximate surface area is 161 Å². The van der Waals surface area contributed by atoms with Crippen LogP contribution in [0.5, 0.6) is 0 Å². The summed E-state index contributed by atoms with van der Waals surface area (Å²) in [6.45, 7) is 5.16. The van der Waals surface area contributed by atoms with Crippen LogP contribution in [0.4, 0.5) is 11.4 Å². The standard InChI is InChI=1S/C22H29N3O2/c1-3-25(19-7-5-4-6-8-19)20-11-9-18(10-12-20)17-24-21(26)22(27-2)13-15-23-16-14-22/h4-12,23H,3,13-17H2,1-2H3,(H,24,26). The maximum atomic E-state index is 12.7. The van der Waals surface area contributed by atoms with Crippen LogP contribution in [0.15, 0.2) is 54.6 Å². The van der Waals surface area contributed by atoms with Crippen molar-refractivity contribution < 1.29 is 9.53 Å². The fraction of sp³-hybridized carbons (Fsp3) is 0.409. The van der Waals surface area contributed by atoms with Gasteiger partial charge in [0.05, 0.1) is 0 Å². The first-order chi connectivity index (χ1) is 13.2. The molecule has 0 saturated carbocycles. The van der Waals surface area contributed by atoms with E-state index in [9.17, 15) is 4.79 Å². The summed E-state index contributed by atoms with van der Waals surface area (Å²) in [5.41, 5.74) is 2.70. The van der Waals surface area contributed by atoms with Crippen LogP contribution in [-0.4, -0.2) is 38.3 Å². The van der Waals surface area contributed by atoms with Gasteiger partial charge >= 0.3 is 0 Å². The number of anilines is 2. The second-order valence-corrected chi connectivity index (χ2v) is 6.88. The number of hydrogen-bond donors (Lipinski definition) is 2. The number of carbonyl (C=O) groups is 1. The van der Waals surface area contributed by atoms with Crippen LogP contribution in [0.1, 0.15) is 25.3 Å². The average molecular weight is 367 g/mol.